The fourth-order valence-corrected chi connectivity index (χ4v) is 4.28. The fraction of sp³-hybridized carbons (Fsp3) is 0.261. The highest BCUT2D eigenvalue weighted by atomic mass is 35.5. The van der Waals surface area contributed by atoms with Gasteiger partial charge in [-0.15, -0.1) is 0 Å². The van der Waals surface area contributed by atoms with E-state index in [1.807, 2.05) is 35.2 Å². The number of fused-ring (bicyclic) bond motifs is 2. The molecule has 1 fully saturated rings. The second-order valence-corrected chi connectivity index (χ2v) is 8.24. The van der Waals surface area contributed by atoms with Crippen molar-refractivity contribution in [3.05, 3.63) is 63.7 Å². The molecular weight excluding hydrogens is 430 g/mol. The Labute approximate surface area is 187 Å². The van der Waals surface area contributed by atoms with Crippen molar-refractivity contribution in [1.29, 1.82) is 5.26 Å². The number of piperidine rings is 1. The number of ketones is 1. The first kappa shape index (κ1) is 20.2. The molecule has 1 aliphatic rings. The molecule has 0 saturated carbocycles. The minimum Gasteiger partial charge on any atom is -0.423 e. The van der Waals surface area contributed by atoms with Crippen molar-refractivity contribution in [2.24, 2.45) is 5.92 Å². The smallest absolute Gasteiger partial charge is 0.298 e. The number of nitrogens with zero attached hydrogens (tertiary/aromatic N) is 4. The van der Waals surface area contributed by atoms with Gasteiger partial charge in [0.25, 0.3) is 11.6 Å². The van der Waals surface area contributed by atoms with Gasteiger partial charge in [0, 0.05) is 24.0 Å². The third-order valence-electron chi connectivity index (χ3n) is 5.82. The number of H-pyrrole nitrogens is 1. The molecule has 0 aliphatic carbocycles. The molecule has 1 N–H and O–H groups in total. The summed E-state index contributed by atoms with van der Waals surface area (Å²) in [6.45, 7) is 1.16. The number of rotatable bonds is 4. The number of oxazole rings is 1. The zero-order chi connectivity index (χ0) is 22.2. The Kier molecular flexibility index (Phi) is 5.11. The van der Waals surface area contributed by atoms with Crippen LogP contribution in [0.2, 0.25) is 5.02 Å². The molecule has 9 heteroatoms. The van der Waals surface area contributed by atoms with Crippen LogP contribution in [-0.2, 0) is 4.79 Å². The number of carbonyl (C=O) groups is 1. The topological polar surface area (TPSA) is 116 Å². The van der Waals surface area contributed by atoms with Crippen molar-refractivity contribution >= 4 is 45.4 Å². The molecule has 4 aromatic rings. The Balaban J connectivity index is 1.34. The number of carbonyl (C=O) groups excluding carboxylic acids is 1. The largest absolute Gasteiger partial charge is 0.423 e. The van der Waals surface area contributed by atoms with Gasteiger partial charge in [0.1, 0.15) is 11.3 Å². The number of halogens is 1. The van der Waals surface area contributed by atoms with Crippen LogP contribution >= 0.6 is 11.6 Å². The molecule has 0 amide bonds. The van der Waals surface area contributed by atoms with Crippen molar-refractivity contribution in [1.82, 2.24) is 15.0 Å². The number of hydrogen-bond donors (Lipinski definition) is 1. The number of para-hydroxylation sites is 2. The maximum absolute atomic E-state index is 13.2. The molecule has 1 saturated heterocycles. The Morgan fingerprint density at radius 2 is 1.97 bits per heavy atom. The number of aromatic amines is 1. The van der Waals surface area contributed by atoms with Crippen LogP contribution in [0.3, 0.4) is 0 Å². The Morgan fingerprint density at radius 3 is 2.72 bits per heavy atom. The summed E-state index contributed by atoms with van der Waals surface area (Å²) in [6.07, 6.45) is 1.11. The van der Waals surface area contributed by atoms with Gasteiger partial charge >= 0.3 is 0 Å². The van der Waals surface area contributed by atoms with Crippen LogP contribution in [0, 0.1) is 17.2 Å². The normalized spacial score (nSPS) is 15.7. The molecule has 160 valence electrons. The molecule has 5 rings (SSSR count). The third kappa shape index (κ3) is 3.61. The number of nitriles is 1. The Bertz CT molecular complexity index is 1400. The lowest BCUT2D eigenvalue weighted by atomic mass is 9.86. The SMILES string of the molecule is N#CC(C(=O)C1CCN(c2nc3ccccc3o2)CC1)c1nc2cc(Cl)ccc2c(=O)[nH]1. The van der Waals surface area contributed by atoms with Gasteiger partial charge in [-0.2, -0.15) is 10.2 Å². The first-order valence-corrected chi connectivity index (χ1v) is 10.6. The minimum absolute atomic E-state index is 0.0543. The summed E-state index contributed by atoms with van der Waals surface area (Å²) in [6, 6.07) is 14.8. The molecule has 0 bridgehead atoms. The zero-order valence-electron chi connectivity index (χ0n) is 16.9. The van der Waals surface area contributed by atoms with Gasteiger partial charge in [-0.25, -0.2) is 4.98 Å². The minimum atomic E-state index is -1.15. The molecule has 0 spiro atoms. The van der Waals surface area contributed by atoms with Gasteiger partial charge in [0.15, 0.2) is 17.3 Å². The molecule has 2 aromatic carbocycles. The summed E-state index contributed by atoms with van der Waals surface area (Å²) in [5.41, 5.74) is 1.46. The van der Waals surface area contributed by atoms with E-state index in [1.165, 1.54) is 0 Å². The summed E-state index contributed by atoms with van der Waals surface area (Å²) in [5, 5.41) is 10.5. The van der Waals surface area contributed by atoms with Crippen molar-refractivity contribution in [3.63, 3.8) is 0 Å². The molecule has 32 heavy (non-hydrogen) atoms. The Morgan fingerprint density at radius 1 is 1.19 bits per heavy atom. The number of nitrogens with one attached hydrogen (secondary N) is 1. The van der Waals surface area contributed by atoms with E-state index in [0.717, 1.165) is 11.1 Å². The maximum Gasteiger partial charge on any atom is 0.298 e. The third-order valence-corrected chi connectivity index (χ3v) is 6.06. The van der Waals surface area contributed by atoms with Crippen molar-refractivity contribution in [2.45, 2.75) is 18.8 Å². The maximum atomic E-state index is 13.2. The van der Waals surface area contributed by atoms with E-state index in [1.54, 1.807) is 18.2 Å². The fourth-order valence-electron chi connectivity index (χ4n) is 4.11. The summed E-state index contributed by atoms with van der Waals surface area (Å²) in [7, 11) is 0. The monoisotopic (exact) mass is 447 g/mol. The van der Waals surface area contributed by atoms with Crippen LogP contribution in [0.1, 0.15) is 24.6 Å². The highest BCUT2D eigenvalue weighted by molar-refractivity contribution is 6.31. The number of benzene rings is 2. The quantitative estimate of drug-likeness (QED) is 0.505. The highest BCUT2D eigenvalue weighted by Gasteiger charge is 2.33. The van der Waals surface area contributed by atoms with E-state index < -0.39 is 11.5 Å². The van der Waals surface area contributed by atoms with Crippen molar-refractivity contribution in [2.75, 3.05) is 18.0 Å². The predicted octanol–water partition coefficient (Wildman–Crippen LogP) is 3.81. The van der Waals surface area contributed by atoms with Gasteiger partial charge in [-0.3, -0.25) is 9.59 Å². The van der Waals surface area contributed by atoms with Crippen LogP contribution in [-0.4, -0.2) is 33.8 Å². The standard InChI is InChI=1S/C23H18ClN5O3/c24-14-5-6-15-18(11-14)26-21(28-22(15)31)16(12-25)20(30)13-7-9-29(10-8-13)23-27-17-3-1-2-4-19(17)32-23/h1-6,11,13,16H,7-10H2,(H,26,28,31). The van der Waals surface area contributed by atoms with E-state index in [2.05, 4.69) is 15.0 Å². The average molecular weight is 448 g/mol. The number of aromatic nitrogens is 3. The van der Waals surface area contributed by atoms with Crippen LogP contribution in [0.4, 0.5) is 6.01 Å². The second-order valence-electron chi connectivity index (χ2n) is 7.80. The zero-order valence-corrected chi connectivity index (χ0v) is 17.7. The summed E-state index contributed by atoms with van der Waals surface area (Å²) in [4.78, 5) is 39.0. The Hall–Kier alpha value is -3.70. The van der Waals surface area contributed by atoms with E-state index in [0.29, 0.717) is 47.9 Å². The van der Waals surface area contributed by atoms with E-state index in [9.17, 15) is 14.9 Å². The van der Waals surface area contributed by atoms with E-state index in [-0.39, 0.29) is 17.5 Å². The molecule has 1 unspecified atom stereocenters. The molecular formula is C23H18ClN5O3. The summed E-state index contributed by atoms with van der Waals surface area (Å²) >= 11 is 6.01. The van der Waals surface area contributed by atoms with Crippen LogP contribution in [0.5, 0.6) is 0 Å². The van der Waals surface area contributed by atoms with Gasteiger partial charge in [-0.05, 0) is 43.2 Å². The van der Waals surface area contributed by atoms with Crippen molar-refractivity contribution < 1.29 is 9.21 Å². The second kappa shape index (κ2) is 8.09. The lowest BCUT2D eigenvalue weighted by Crippen LogP contribution is -2.38. The van der Waals surface area contributed by atoms with Crippen LogP contribution < -0.4 is 10.5 Å². The van der Waals surface area contributed by atoms with E-state index >= 15 is 0 Å². The summed E-state index contributed by atoms with van der Waals surface area (Å²) < 4.78 is 5.82. The summed E-state index contributed by atoms with van der Waals surface area (Å²) in [5.74, 6) is -1.65. The van der Waals surface area contributed by atoms with Gasteiger partial charge in [-0.1, -0.05) is 23.7 Å². The first-order chi connectivity index (χ1) is 15.5. The highest BCUT2D eigenvalue weighted by Crippen LogP contribution is 2.29. The molecule has 0 radical (unpaired) electrons. The van der Waals surface area contributed by atoms with Gasteiger partial charge < -0.3 is 14.3 Å². The van der Waals surface area contributed by atoms with E-state index in [4.69, 9.17) is 16.0 Å². The molecule has 1 atom stereocenters. The molecule has 2 aromatic heterocycles. The van der Waals surface area contributed by atoms with Crippen LogP contribution in [0.25, 0.3) is 22.0 Å². The predicted molar refractivity (Wildman–Crippen MR) is 120 cm³/mol. The molecule has 1 aliphatic heterocycles. The first-order valence-electron chi connectivity index (χ1n) is 10.3. The van der Waals surface area contributed by atoms with Crippen molar-refractivity contribution in [3.8, 4) is 6.07 Å². The number of anilines is 1. The van der Waals surface area contributed by atoms with Crippen LogP contribution in [0.15, 0.2) is 51.7 Å². The van der Waals surface area contributed by atoms with Gasteiger partial charge in [0.2, 0.25) is 0 Å². The average Bonchev–Trinajstić information content (AvgIpc) is 3.24. The molecule has 3 heterocycles. The number of hydrogen-bond acceptors (Lipinski definition) is 7. The van der Waals surface area contributed by atoms with Gasteiger partial charge in [0.05, 0.1) is 17.0 Å². The lowest BCUT2D eigenvalue weighted by Gasteiger charge is -2.30. The lowest BCUT2D eigenvalue weighted by molar-refractivity contribution is -0.123. The molecule has 8 nitrogen and oxygen atoms in total. The number of Topliss-reactive ketones (excluding diaryl/α,β-unsaturated/α-hetero) is 1.